The zero-order chi connectivity index (χ0) is 15.6. The first-order valence-electron chi connectivity index (χ1n) is 7.19. The summed E-state index contributed by atoms with van der Waals surface area (Å²) in [7, 11) is 0. The maximum Gasteiger partial charge on any atom is 0.284 e. The Kier molecular flexibility index (Phi) is 4.46. The molecule has 1 aromatic carbocycles. The summed E-state index contributed by atoms with van der Waals surface area (Å²) in [6.07, 6.45) is 0. The third-order valence-corrected chi connectivity index (χ3v) is 3.54. The summed E-state index contributed by atoms with van der Waals surface area (Å²) < 4.78 is 6.99. The predicted molar refractivity (Wildman–Crippen MR) is 83.1 cm³/mol. The highest BCUT2D eigenvalue weighted by Crippen LogP contribution is 2.22. The first-order chi connectivity index (χ1) is 9.90. The van der Waals surface area contributed by atoms with Crippen molar-refractivity contribution in [2.24, 2.45) is 0 Å². The summed E-state index contributed by atoms with van der Waals surface area (Å²) in [5.41, 5.74) is 4.11. The molecular formula is C17H22N2O2. The van der Waals surface area contributed by atoms with Crippen LogP contribution >= 0.6 is 0 Å². The summed E-state index contributed by atoms with van der Waals surface area (Å²) in [6, 6.07) is 7.65. The van der Waals surface area contributed by atoms with Gasteiger partial charge in [0.15, 0.2) is 6.61 Å². The monoisotopic (exact) mass is 286 g/mol. The number of hydrogen-bond acceptors (Lipinski definition) is 3. The molecular weight excluding hydrogens is 264 g/mol. The highest BCUT2D eigenvalue weighted by atomic mass is 16.5. The largest absolute Gasteiger partial charge is 0.484 e. The number of carbonyl (C=O) groups excluding carboxylic acids is 1. The van der Waals surface area contributed by atoms with E-state index >= 15 is 0 Å². The van der Waals surface area contributed by atoms with E-state index in [1.807, 2.05) is 45.0 Å². The smallest absolute Gasteiger partial charge is 0.284 e. The van der Waals surface area contributed by atoms with Gasteiger partial charge in [-0.3, -0.25) is 4.79 Å². The summed E-state index contributed by atoms with van der Waals surface area (Å²) in [6.45, 7) is 10.1. The zero-order valence-electron chi connectivity index (χ0n) is 13.3. The van der Waals surface area contributed by atoms with Crippen LogP contribution < -0.4 is 4.74 Å². The van der Waals surface area contributed by atoms with E-state index in [4.69, 9.17) is 4.74 Å². The van der Waals surface area contributed by atoms with E-state index in [0.717, 1.165) is 22.5 Å². The molecule has 21 heavy (non-hydrogen) atoms. The molecule has 0 saturated heterocycles. The quantitative estimate of drug-likeness (QED) is 0.861. The molecule has 0 fully saturated rings. The Balaban J connectivity index is 2.10. The normalized spacial score (nSPS) is 11.0. The third-order valence-electron chi connectivity index (χ3n) is 3.54. The van der Waals surface area contributed by atoms with Gasteiger partial charge in [0.2, 0.25) is 0 Å². The number of benzene rings is 1. The lowest BCUT2D eigenvalue weighted by molar-refractivity contribution is 0.0818. The second kappa shape index (κ2) is 6.12. The van der Waals surface area contributed by atoms with Gasteiger partial charge in [0.25, 0.3) is 5.91 Å². The highest BCUT2D eigenvalue weighted by Gasteiger charge is 2.18. The van der Waals surface area contributed by atoms with Crippen LogP contribution in [0.5, 0.6) is 5.75 Å². The van der Waals surface area contributed by atoms with Crippen LogP contribution in [0.1, 0.15) is 47.1 Å². The lowest BCUT2D eigenvalue weighted by Crippen LogP contribution is -2.21. The number of hydrogen-bond donors (Lipinski definition) is 0. The Bertz CT molecular complexity index is 640. The second-order valence-corrected chi connectivity index (χ2v) is 5.65. The van der Waals surface area contributed by atoms with Crippen molar-refractivity contribution in [3.05, 3.63) is 46.8 Å². The molecule has 0 bridgehead atoms. The number of aryl methyl sites for hydroxylation is 2. The van der Waals surface area contributed by atoms with E-state index in [1.54, 1.807) is 0 Å². The van der Waals surface area contributed by atoms with Gasteiger partial charge in [-0.1, -0.05) is 31.5 Å². The van der Waals surface area contributed by atoms with Crippen LogP contribution in [0.3, 0.4) is 0 Å². The van der Waals surface area contributed by atoms with Gasteiger partial charge < -0.3 is 4.74 Å². The first kappa shape index (κ1) is 15.3. The van der Waals surface area contributed by atoms with Gasteiger partial charge in [0.1, 0.15) is 5.75 Å². The minimum atomic E-state index is -0.150. The fourth-order valence-electron chi connectivity index (χ4n) is 2.57. The molecule has 0 amide bonds. The SMILES string of the molecule is Cc1ccc(OCC(=O)n2nc(C)c(C(C)C)c2C)cc1. The molecule has 112 valence electrons. The molecule has 0 N–H and O–H groups in total. The van der Waals surface area contributed by atoms with E-state index in [2.05, 4.69) is 18.9 Å². The highest BCUT2D eigenvalue weighted by molar-refractivity contribution is 5.80. The van der Waals surface area contributed by atoms with E-state index in [-0.39, 0.29) is 12.5 Å². The summed E-state index contributed by atoms with van der Waals surface area (Å²) in [4.78, 5) is 12.3. The number of rotatable bonds is 4. The Labute approximate surface area is 125 Å². The summed E-state index contributed by atoms with van der Waals surface area (Å²) in [5.74, 6) is 0.896. The predicted octanol–water partition coefficient (Wildman–Crippen LogP) is 3.65. The van der Waals surface area contributed by atoms with Crippen LogP contribution in [-0.4, -0.2) is 22.3 Å². The summed E-state index contributed by atoms with van der Waals surface area (Å²) >= 11 is 0. The first-order valence-corrected chi connectivity index (χ1v) is 7.19. The van der Waals surface area contributed by atoms with E-state index in [1.165, 1.54) is 4.68 Å². The molecule has 4 heteroatoms. The van der Waals surface area contributed by atoms with Crippen LogP contribution in [0.15, 0.2) is 24.3 Å². The molecule has 1 heterocycles. The minimum absolute atomic E-state index is 0.0114. The molecule has 0 atom stereocenters. The second-order valence-electron chi connectivity index (χ2n) is 5.65. The van der Waals surface area contributed by atoms with Crippen molar-refractivity contribution in [3.63, 3.8) is 0 Å². The van der Waals surface area contributed by atoms with E-state index in [9.17, 15) is 4.79 Å². The van der Waals surface area contributed by atoms with E-state index < -0.39 is 0 Å². The maximum absolute atomic E-state index is 12.3. The fraction of sp³-hybridized carbons (Fsp3) is 0.412. The van der Waals surface area contributed by atoms with Crippen molar-refractivity contribution in [2.75, 3.05) is 6.61 Å². The van der Waals surface area contributed by atoms with Gasteiger partial charge in [0, 0.05) is 5.69 Å². The van der Waals surface area contributed by atoms with Gasteiger partial charge >= 0.3 is 0 Å². The number of carbonyl (C=O) groups is 1. The Morgan fingerprint density at radius 3 is 2.33 bits per heavy atom. The lowest BCUT2D eigenvalue weighted by Gasteiger charge is -2.08. The number of nitrogens with zero attached hydrogens (tertiary/aromatic N) is 2. The average Bonchev–Trinajstić information content (AvgIpc) is 2.73. The van der Waals surface area contributed by atoms with E-state index in [0.29, 0.717) is 11.7 Å². The molecule has 0 aliphatic carbocycles. The molecule has 0 radical (unpaired) electrons. The van der Waals surface area contributed by atoms with Crippen molar-refractivity contribution in [1.29, 1.82) is 0 Å². The lowest BCUT2D eigenvalue weighted by atomic mass is 10.0. The molecule has 0 aliphatic rings. The summed E-state index contributed by atoms with van der Waals surface area (Å²) in [5, 5.41) is 4.34. The molecule has 0 aliphatic heterocycles. The number of aromatic nitrogens is 2. The molecule has 0 spiro atoms. The molecule has 0 saturated carbocycles. The molecule has 4 nitrogen and oxygen atoms in total. The third kappa shape index (κ3) is 3.32. The fourth-order valence-corrected chi connectivity index (χ4v) is 2.57. The van der Waals surface area contributed by atoms with Gasteiger partial charge in [-0.15, -0.1) is 0 Å². The zero-order valence-corrected chi connectivity index (χ0v) is 13.3. The average molecular weight is 286 g/mol. The van der Waals surface area contributed by atoms with Crippen molar-refractivity contribution in [2.45, 2.75) is 40.5 Å². The van der Waals surface area contributed by atoms with Crippen molar-refractivity contribution in [3.8, 4) is 5.75 Å². The Hall–Kier alpha value is -2.10. The molecule has 2 rings (SSSR count). The minimum Gasteiger partial charge on any atom is -0.484 e. The van der Waals surface area contributed by atoms with Crippen LogP contribution in [0.2, 0.25) is 0 Å². The van der Waals surface area contributed by atoms with Crippen LogP contribution in [-0.2, 0) is 0 Å². The van der Waals surface area contributed by atoms with Gasteiger partial charge in [-0.05, 0) is 44.4 Å². The van der Waals surface area contributed by atoms with Gasteiger partial charge in [-0.25, -0.2) is 4.68 Å². The van der Waals surface area contributed by atoms with Crippen molar-refractivity contribution in [1.82, 2.24) is 9.78 Å². The number of ether oxygens (including phenoxy) is 1. The van der Waals surface area contributed by atoms with Crippen LogP contribution in [0.4, 0.5) is 0 Å². The molecule has 2 aromatic rings. The Morgan fingerprint density at radius 1 is 1.19 bits per heavy atom. The van der Waals surface area contributed by atoms with Crippen LogP contribution in [0, 0.1) is 20.8 Å². The van der Waals surface area contributed by atoms with Gasteiger partial charge in [0.05, 0.1) is 5.69 Å². The van der Waals surface area contributed by atoms with Crippen LogP contribution in [0.25, 0.3) is 0 Å². The van der Waals surface area contributed by atoms with Crippen molar-refractivity contribution < 1.29 is 9.53 Å². The van der Waals surface area contributed by atoms with Crippen molar-refractivity contribution >= 4 is 5.91 Å². The molecule has 1 aromatic heterocycles. The maximum atomic E-state index is 12.3. The van der Waals surface area contributed by atoms with Gasteiger partial charge in [-0.2, -0.15) is 5.10 Å². The standard InChI is InChI=1S/C17H22N2O2/c1-11(2)17-13(4)18-19(14(17)5)16(20)10-21-15-8-6-12(3)7-9-15/h6-9,11H,10H2,1-5H3. The topological polar surface area (TPSA) is 44.1 Å². The molecule has 0 unspecified atom stereocenters. The Morgan fingerprint density at radius 2 is 1.81 bits per heavy atom.